The lowest BCUT2D eigenvalue weighted by Crippen LogP contribution is -2.45. The van der Waals surface area contributed by atoms with Crippen LogP contribution in [0.25, 0.3) is 0 Å². The molecule has 1 saturated carbocycles. The van der Waals surface area contributed by atoms with Gasteiger partial charge in [0.15, 0.2) is 0 Å². The molecule has 0 aliphatic heterocycles. The van der Waals surface area contributed by atoms with E-state index in [9.17, 15) is 13.5 Å². The molecule has 0 saturated heterocycles. The number of benzene rings is 1. The summed E-state index contributed by atoms with van der Waals surface area (Å²) in [5.41, 5.74) is 0. The molecule has 0 bridgehead atoms. The van der Waals surface area contributed by atoms with Gasteiger partial charge < -0.3 is 5.11 Å². The van der Waals surface area contributed by atoms with Gasteiger partial charge in [0.05, 0.1) is 0 Å². The maximum Gasteiger partial charge on any atom is 0.244 e. The van der Waals surface area contributed by atoms with E-state index in [-0.39, 0.29) is 15.4 Å². The largest absolute Gasteiger partial charge is 0.507 e. The molecule has 1 aromatic rings. The van der Waals surface area contributed by atoms with E-state index in [0.29, 0.717) is 6.54 Å². The Hall–Kier alpha value is -0.720. The van der Waals surface area contributed by atoms with Crippen molar-refractivity contribution in [3.05, 3.63) is 24.3 Å². The first-order valence-corrected chi connectivity index (χ1v) is 8.53. The normalized spacial score (nSPS) is 18.3. The first-order chi connectivity index (χ1) is 8.49. The van der Waals surface area contributed by atoms with Crippen molar-refractivity contribution in [1.82, 2.24) is 4.72 Å². The second kappa shape index (κ2) is 5.11. The molecule has 0 unspecified atom stereocenters. The van der Waals surface area contributed by atoms with Gasteiger partial charge in [0, 0.05) is 11.3 Å². The van der Waals surface area contributed by atoms with Gasteiger partial charge in [-0.3, -0.25) is 0 Å². The third-order valence-electron chi connectivity index (χ3n) is 3.44. The molecule has 1 aliphatic carbocycles. The Bertz CT molecular complexity index is 518. The number of hydrogen-bond donors (Lipinski definition) is 2. The van der Waals surface area contributed by atoms with Crippen molar-refractivity contribution in [2.45, 2.75) is 28.9 Å². The van der Waals surface area contributed by atoms with Crippen LogP contribution in [0.5, 0.6) is 5.75 Å². The summed E-state index contributed by atoms with van der Waals surface area (Å²) in [5, 5.41) is 9.58. The van der Waals surface area contributed by atoms with Crippen molar-refractivity contribution in [3.63, 3.8) is 0 Å². The zero-order valence-corrected chi connectivity index (χ0v) is 11.9. The van der Waals surface area contributed by atoms with Gasteiger partial charge in [-0.2, -0.15) is 11.8 Å². The average molecular weight is 287 g/mol. The van der Waals surface area contributed by atoms with Crippen LogP contribution in [0.2, 0.25) is 0 Å². The Labute approximate surface area is 112 Å². The monoisotopic (exact) mass is 287 g/mol. The Morgan fingerprint density at radius 3 is 2.56 bits per heavy atom. The number of thioether (sulfide) groups is 1. The van der Waals surface area contributed by atoms with Crippen molar-refractivity contribution < 1.29 is 13.5 Å². The molecule has 2 rings (SSSR count). The maximum absolute atomic E-state index is 12.1. The zero-order valence-electron chi connectivity index (χ0n) is 10.2. The molecule has 0 amide bonds. The average Bonchev–Trinajstić information content (AvgIpc) is 2.28. The van der Waals surface area contributed by atoms with Crippen LogP contribution in [-0.2, 0) is 10.0 Å². The Morgan fingerprint density at radius 2 is 2.06 bits per heavy atom. The summed E-state index contributed by atoms with van der Waals surface area (Å²) in [6, 6.07) is 5.98. The summed E-state index contributed by atoms with van der Waals surface area (Å²) in [5.74, 6) is -0.211. The number of sulfonamides is 1. The topological polar surface area (TPSA) is 66.4 Å². The molecule has 6 heteroatoms. The summed E-state index contributed by atoms with van der Waals surface area (Å²) in [7, 11) is -3.62. The van der Waals surface area contributed by atoms with E-state index in [1.54, 1.807) is 23.9 Å². The van der Waals surface area contributed by atoms with E-state index >= 15 is 0 Å². The summed E-state index contributed by atoms with van der Waals surface area (Å²) in [6.07, 6.45) is 5.24. The van der Waals surface area contributed by atoms with E-state index in [4.69, 9.17) is 0 Å². The van der Waals surface area contributed by atoms with Gasteiger partial charge in [-0.25, -0.2) is 13.1 Å². The lowest BCUT2D eigenvalue weighted by Gasteiger charge is -2.40. The van der Waals surface area contributed by atoms with E-state index in [0.717, 1.165) is 19.3 Å². The molecule has 4 nitrogen and oxygen atoms in total. The summed E-state index contributed by atoms with van der Waals surface area (Å²) in [6.45, 7) is 0.421. The highest BCUT2D eigenvalue weighted by Crippen LogP contribution is 2.42. The van der Waals surface area contributed by atoms with Gasteiger partial charge >= 0.3 is 0 Å². The number of aromatic hydroxyl groups is 1. The first-order valence-electron chi connectivity index (χ1n) is 5.82. The van der Waals surface area contributed by atoms with Gasteiger partial charge in [0.1, 0.15) is 10.6 Å². The van der Waals surface area contributed by atoms with Crippen LogP contribution in [0.3, 0.4) is 0 Å². The highest BCUT2D eigenvalue weighted by Gasteiger charge is 2.37. The van der Waals surface area contributed by atoms with Gasteiger partial charge in [-0.15, -0.1) is 0 Å². The van der Waals surface area contributed by atoms with Crippen molar-refractivity contribution in [2.75, 3.05) is 12.8 Å². The van der Waals surface area contributed by atoms with Crippen LogP contribution in [-0.4, -0.2) is 31.1 Å². The fourth-order valence-electron chi connectivity index (χ4n) is 2.01. The molecule has 0 atom stereocenters. The number of para-hydroxylation sites is 1. The molecule has 0 aromatic heterocycles. The molecule has 0 heterocycles. The summed E-state index contributed by atoms with van der Waals surface area (Å²) in [4.78, 5) is -0.0550. The predicted molar refractivity (Wildman–Crippen MR) is 73.4 cm³/mol. The van der Waals surface area contributed by atoms with Crippen LogP contribution in [0.4, 0.5) is 0 Å². The van der Waals surface area contributed by atoms with Crippen molar-refractivity contribution in [3.8, 4) is 5.75 Å². The van der Waals surface area contributed by atoms with E-state index < -0.39 is 10.0 Å². The smallest absolute Gasteiger partial charge is 0.244 e. The van der Waals surface area contributed by atoms with Crippen molar-refractivity contribution in [2.24, 2.45) is 0 Å². The fourth-order valence-corrected chi connectivity index (χ4v) is 4.24. The van der Waals surface area contributed by atoms with E-state index in [2.05, 4.69) is 4.72 Å². The Kier molecular flexibility index (Phi) is 3.89. The van der Waals surface area contributed by atoms with Crippen LogP contribution in [0.15, 0.2) is 29.2 Å². The van der Waals surface area contributed by atoms with Crippen molar-refractivity contribution >= 4 is 21.8 Å². The molecular weight excluding hydrogens is 270 g/mol. The summed E-state index contributed by atoms with van der Waals surface area (Å²) >= 11 is 1.71. The molecular formula is C12H17NO3S2. The molecule has 0 radical (unpaired) electrons. The van der Waals surface area contributed by atoms with Gasteiger partial charge in [0.2, 0.25) is 10.0 Å². The molecule has 0 spiro atoms. The fraction of sp³-hybridized carbons (Fsp3) is 0.500. The standard InChI is InChI=1S/C12H17NO3S2/c1-17-12(7-4-8-12)9-13-18(15,16)11-6-3-2-5-10(11)14/h2-3,5-6,13-14H,4,7-9H2,1H3. The lowest BCUT2D eigenvalue weighted by atomic mass is 9.84. The molecule has 2 N–H and O–H groups in total. The highest BCUT2D eigenvalue weighted by molar-refractivity contribution is 8.00. The van der Waals surface area contributed by atoms with E-state index in [1.165, 1.54) is 12.1 Å². The molecule has 18 heavy (non-hydrogen) atoms. The van der Waals surface area contributed by atoms with E-state index in [1.807, 2.05) is 6.26 Å². The Morgan fingerprint density at radius 1 is 1.39 bits per heavy atom. The number of nitrogens with one attached hydrogen (secondary N) is 1. The molecule has 1 fully saturated rings. The maximum atomic E-state index is 12.1. The van der Waals surface area contributed by atoms with Crippen LogP contribution in [0.1, 0.15) is 19.3 Å². The minimum Gasteiger partial charge on any atom is -0.507 e. The molecule has 1 aliphatic rings. The quantitative estimate of drug-likeness (QED) is 0.869. The van der Waals surface area contributed by atoms with Crippen LogP contribution in [0, 0.1) is 0 Å². The molecule has 1 aromatic carbocycles. The van der Waals surface area contributed by atoms with Crippen molar-refractivity contribution in [1.29, 1.82) is 0 Å². The zero-order chi connectivity index (χ0) is 13.2. The van der Waals surface area contributed by atoms with Crippen LogP contribution >= 0.6 is 11.8 Å². The Balaban J connectivity index is 2.11. The number of rotatable bonds is 5. The predicted octanol–water partition coefficient (Wildman–Crippen LogP) is 1.96. The number of hydrogen-bond acceptors (Lipinski definition) is 4. The third kappa shape index (κ3) is 2.65. The SMILES string of the molecule is CSC1(CNS(=O)(=O)c2ccccc2O)CCC1. The van der Waals surface area contributed by atoms with Crippen LogP contribution < -0.4 is 4.72 Å². The van der Waals surface area contributed by atoms with Gasteiger partial charge in [-0.1, -0.05) is 18.6 Å². The minimum atomic E-state index is -3.62. The molecule has 100 valence electrons. The second-order valence-corrected chi connectivity index (χ2v) is 7.54. The third-order valence-corrected chi connectivity index (χ3v) is 6.30. The van der Waals surface area contributed by atoms with Gasteiger partial charge in [0.25, 0.3) is 0 Å². The highest BCUT2D eigenvalue weighted by atomic mass is 32.2. The summed E-state index contributed by atoms with van der Waals surface area (Å²) < 4.78 is 26.8. The second-order valence-electron chi connectivity index (χ2n) is 4.53. The first kappa shape index (κ1) is 13.7. The number of phenolic OH excluding ortho intramolecular Hbond substituents is 1. The van der Waals surface area contributed by atoms with Gasteiger partial charge in [-0.05, 0) is 31.2 Å². The number of phenols is 1. The lowest BCUT2D eigenvalue weighted by molar-refractivity contribution is 0.361. The minimum absolute atomic E-state index is 0.0392.